The Balaban J connectivity index is 1.78. The highest BCUT2D eigenvalue weighted by Gasteiger charge is 2.31. The van der Waals surface area contributed by atoms with Gasteiger partial charge in [0.05, 0.1) is 22.9 Å². The van der Waals surface area contributed by atoms with Gasteiger partial charge in [-0.25, -0.2) is 0 Å². The largest absolute Gasteiger partial charge is 0.416 e. The van der Waals surface area contributed by atoms with Crippen LogP contribution < -0.4 is 0 Å². The quantitative estimate of drug-likeness (QED) is 0.385. The van der Waals surface area contributed by atoms with Crippen molar-refractivity contribution in [3.63, 3.8) is 0 Å². The van der Waals surface area contributed by atoms with Gasteiger partial charge >= 0.3 is 6.18 Å². The van der Waals surface area contributed by atoms with Crippen LogP contribution in [-0.2, 0) is 11.9 Å². The van der Waals surface area contributed by atoms with E-state index in [1.165, 1.54) is 17.8 Å². The van der Waals surface area contributed by atoms with Gasteiger partial charge in [0.25, 0.3) is 0 Å². The van der Waals surface area contributed by atoms with Crippen molar-refractivity contribution in [2.24, 2.45) is 0 Å². The first kappa shape index (κ1) is 20.6. The van der Waals surface area contributed by atoms with Crippen molar-refractivity contribution in [3.05, 3.63) is 89.7 Å². The monoisotopic (exact) mass is 437 g/mol. The summed E-state index contributed by atoms with van der Waals surface area (Å²) in [5, 5.41) is 18.1. The summed E-state index contributed by atoms with van der Waals surface area (Å²) in [6, 6.07) is 17.8. The van der Waals surface area contributed by atoms with Crippen LogP contribution in [0.5, 0.6) is 0 Å². The SMILES string of the molecule is N#Cc1ccccc1CSc1nnc(-c2cccnc2)n1-c1cccc(C(F)(F)F)c1. The highest BCUT2D eigenvalue weighted by atomic mass is 32.2. The molecule has 0 saturated heterocycles. The van der Waals surface area contributed by atoms with Crippen molar-refractivity contribution < 1.29 is 13.2 Å². The zero-order valence-electron chi connectivity index (χ0n) is 15.9. The third kappa shape index (κ3) is 4.44. The van der Waals surface area contributed by atoms with Crippen molar-refractivity contribution in [3.8, 4) is 23.1 Å². The number of alkyl halides is 3. The van der Waals surface area contributed by atoms with E-state index in [2.05, 4.69) is 21.3 Å². The summed E-state index contributed by atoms with van der Waals surface area (Å²) in [5.41, 5.74) is 1.48. The molecule has 0 unspecified atom stereocenters. The molecule has 0 aliphatic rings. The van der Waals surface area contributed by atoms with Crippen LogP contribution in [0.3, 0.4) is 0 Å². The van der Waals surface area contributed by atoms with E-state index in [-0.39, 0.29) is 5.69 Å². The molecule has 4 aromatic rings. The number of nitrogens with zero attached hydrogens (tertiary/aromatic N) is 5. The van der Waals surface area contributed by atoms with Crippen molar-refractivity contribution in [2.45, 2.75) is 17.1 Å². The van der Waals surface area contributed by atoms with Gasteiger partial charge in [-0.3, -0.25) is 9.55 Å². The van der Waals surface area contributed by atoms with Crippen molar-refractivity contribution in [1.29, 1.82) is 5.26 Å². The molecule has 5 nitrogen and oxygen atoms in total. The van der Waals surface area contributed by atoms with Gasteiger partial charge in [-0.1, -0.05) is 36.0 Å². The summed E-state index contributed by atoms with van der Waals surface area (Å²) >= 11 is 1.29. The Morgan fingerprint density at radius 3 is 2.58 bits per heavy atom. The number of aromatic nitrogens is 4. The summed E-state index contributed by atoms with van der Waals surface area (Å²) in [7, 11) is 0. The Morgan fingerprint density at radius 2 is 1.84 bits per heavy atom. The lowest BCUT2D eigenvalue weighted by Crippen LogP contribution is -2.07. The van der Waals surface area contributed by atoms with Crippen LogP contribution >= 0.6 is 11.8 Å². The van der Waals surface area contributed by atoms with Crippen LogP contribution in [0.4, 0.5) is 13.2 Å². The molecule has 0 amide bonds. The van der Waals surface area contributed by atoms with E-state index in [0.717, 1.165) is 17.7 Å². The van der Waals surface area contributed by atoms with Crippen LogP contribution in [0.2, 0.25) is 0 Å². The van der Waals surface area contributed by atoms with E-state index in [9.17, 15) is 18.4 Å². The standard InChI is InChI=1S/C22H14F3N5S/c23-22(24,25)18-8-3-9-19(11-18)30-20(16-7-4-10-27-13-16)28-29-21(30)31-14-17-6-2-1-5-15(17)12-26/h1-11,13H,14H2. The number of halogens is 3. The summed E-state index contributed by atoms with van der Waals surface area (Å²) in [4.78, 5) is 4.07. The molecule has 9 heteroatoms. The molecule has 0 aliphatic heterocycles. The zero-order valence-corrected chi connectivity index (χ0v) is 16.7. The fourth-order valence-electron chi connectivity index (χ4n) is 3.00. The van der Waals surface area contributed by atoms with Crippen molar-refractivity contribution in [1.82, 2.24) is 19.7 Å². The zero-order chi connectivity index (χ0) is 21.8. The Kier molecular flexibility index (Phi) is 5.73. The van der Waals surface area contributed by atoms with E-state index in [4.69, 9.17) is 0 Å². The molecule has 0 spiro atoms. The maximum absolute atomic E-state index is 13.3. The highest BCUT2D eigenvalue weighted by molar-refractivity contribution is 7.98. The van der Waals surface area contributed by atoms with E-state index in [1.807, 2.05) is 12.1 Å². The number of hydrogen-bond donors (Lipinski definition) is 0. The van der Waals surface area contributed by atoms with Crippen LogP contribution in [-0.4, -0.2) is 19.7 Å². The molecule has 0 radical (unpaired) electrons. The lowest BCUT2D eigenvalue weighted by atomic mass is 10.1. The average Bonchev–Trinajstić information content (AvgIpc) is 3.22. The van der Waals surface area contributed by atoms with Crippen LogP contribution in [0.1, 0.15) is 16.7 Å². The molecule has 4 rings (SSSR count). The van der Waals surface area contributed by atoms with Crippen molar-refractivity contribution in [2.75, 3.05) is 0 Å². The molecule has 0 aliphatic carbocycles. The summed E-state index contributed by atoms with van der Waals surface area (Å²) in [6.07, 6.45) is -1.30. The molecule has 2 aromatic heterocycles. The maximum Gasteiger partial charge on any atom is 0.416 e. The fourth-order valence-corrected chi connectivity index (χ4v) is 3.95. The second-order valence-corrected chi connectivity index (χ2v) is 7.43. The van der Waals surface area contributed by atoms with Gasteiger partial charge in [-0.15, -0.1) is 10.2 Å². The first-order valence-corrected chi connectivity index (χ1v) is 10.1. The van der Waals surface area contributed by atoms with Gasteiger partial charge in [0.1, 0.15) is 0 Å². The third-order valence-electron chi connectivity index (χ3n) is 4.48. The van der Waals surface area contributed by atoms with Crippen LogP contribution in [0.15, 0.2) is 78.2 Å². The third-order valence-corrected chi connectivity index (χ3v) is 5.46. The first-order valence-electron chi connectivity index (χ1n) is 9.11. The Hall–Kier alpha value is -3.64. The van der Waals surface area contributed by atoms with Gasteiger partial charge in [0.15, 0.2) is 11.0 Å². The number of pyridine rings is 1. The topological polar surface area (TPSA) is 67.4 Å². The number of rotatable bonds is 5. The second kappa shape index (κ2) is 8.62. The number of thioether (sulfide) groups is 1. The number of nitriles is 1. The number of benzene rings is 2. The van der Waals surface area contributed by atoms with E-state index in [0.29, 0.717) is 27.9 Å². The van der Waals surface area contributed by atoms with E-state index >= 15 is 0 Å². The van der Waals surface area contributed by atoms with E-state index in [1.54, 1.807) is 47.3 Å². The smallest absolute Gasteiger partial charge is 0.270 e. The molecule has 154 valence electrons. The summed E-state index contributed by atoms with van der Waals surface area (Å²) < 4.78 is 41.5. The molecule has 0 bridgehead atoms. The van der Waals surface area contributed by atoms with E-state index < -0.39 is 11.7 Å². The Morgan fingerprint density at radius 1 is 1.00 bits per heavy atom. The predicted molar refractivity (Wildman–Crippen MR) is 110 cm³/mol. The molecular formula is C22H14F3N5S. The molecule has 0 saturated carbocycles. The lowest BCUT2D eigenvalue weighted by Gasteiger charge is -2.13. The molecular weight excluding hydrogens is 423 g/mol. The molecule has 31 heavy (non-hydrogen) atoms. The molecule has 0 atom stereocenters. The average molecular weight is 437 g/mol. The molecule has 2 aromatic carbocycles. The van der Waals surface area contributed by atoms with Crippen molar-refractivity contribution >= 4 is 11.8 Å². The van der Waals surface area contributed by atoms with Gasteiger partial charge < -0.3 is 0 Å². The Bertz CT molecular complexity index is 1250. The minimum Gasteiger partial charge on any atom is -0.270 e. The van der Waals surface area contributed by atoms with Crippen LogP contribution in [0.25, 0.3) is 17.1 Å². The second-order valence-electron chi connectivity index (χ2n) is 6.49. The maximum atomic E-state index is 13.3. The first-order chi connectivity index (χ1) is 15.0. The minimum atomic E-state index is -4.47. The summed E-state index contributed by atoms with van der Waals surface area (Å²) in [5.74, 6) is 0.789. The normalized spacial score (nSPS) is 11.3. The highest BCUT2D eigenvalue weighted by Crippen LogP contribution is 2.34. The van der Waals surface area contributed by atoms with Gasteiger partial charge in [-0.05, 0) is 42.0 Å². The van der Waals surface area contributed by atoms with Crippen LogP contribution in [0, 0.1) is 11.3 Å². The molecule has 0 fully saturated rings. The minimum absolute atomic E-state index is 0.287. The molecule has 2 heterocycles. The molecule has 0 N–H and O–H groups in total. The van der Waals surface area contributed by atoms with Gasteiger partial charge in [-0.2, -0.15) is 18.4 Å². The van der Waals surface area contributed by atoms with Gasteiger partial charge in [0.2, 0.25) is 0 Å². The number of hydrogen-bond acceptors (Lipinski definition) is 5. The Labute approximate surface area is 180 Å². The lowest BCUT2D eigenvalue weighted by molar-refractivity contribution is -0.137. The predicted octanol–water partition coefficient (Wildman–Crippen LogP) is 5.51. The fraction of sp³-hybridized carbons (Fsp3) is 0.0909. The summed E-state index contributed by atoms with van der Waals surface area (Å²) in [6.45, 7) is 0. The van der Waals surface area contributed by atoms with Gasteiger partial charge in [0, 0.05) is 23.7 Å².